The fourth-order valence-corrected chi connectivity index (χ4v) is 5.28. The van der Waals surface area contributed by atoms with E-state index in [1.54, 1.807) is 19.0 Å². The fourth-order valence-electron chi connectivity index (χ4n) is 4.23. The molecule has 2 amide bonds. The van der Waals surface area contributed by atoms with Crippen LogP contribution in [-0.4, -0.2) is 64.1 Å². The summed E-state index contributed by atoms with van der Waals surface area (Å²) in [7, 11) is -0.729. The molecule has 3 atom stereocenters. The molecule has 0 spiro atoms. The Morgan fingerprint density at radius 1 is 1.18 bits per heavy atom. The van der Waals surface area contributed by atoms with Gasteiger partial charge >= 0.3 is 0 Å². The molecule has 0 bridgehead atoms. The molecular weight excluding hydrogens is 465 g/mol. The number of amides is 2. The average molecular weight is 492 g/mol. The number of hydrogen-bond donors (Lipinski definition) is 2. The summed E-state index contributed by atoms with van der Waals surface area (Å²) >= 11 is 0. The van der Waals surface area contributed by atoms with Crippen molar-refractivity contribution in [2.75, 3.05) is 25.4 Å². The summed E-state index contributed by atoms with van der Waals surface area (Å²) < 4.78 is 52.9. The van der Waals surface area contributed by atoms with Gasteiger partial charge in [0.1, 0.15) is 24.3 Å². The molecule has 0 aromatic heterocycles. The second-order valence-electron chi connectivity index (χ2n) is 8.32. The number of hydrogen-bond acceptors (Lipinski definition) is 6. The highest BCUT2D eigenvalue weighted by atomic mass is 32.2. The van der Waals surface area contributed by atoms with Gasteiger partial charge in [-0.05, 0) is 55.3 Å². The Balaban J connectivity index is 1.55. The van der Waals surface area contributed by atoms with Gasteiger partial charge in [-0.25, -0.2) is 12.8 Å². The summed E-state index contributed by atoms with van der Waals surface area (Å²) in [4.78, 5) is 26.5. The maximum absolute atomic E-state index is 13.3. The first-order valence-corrected chi connectivity index (χ1v) is 12.3. The zero-order valence-electron chi connectivity index (χ0n) is 18.8. The third-order valence-corrected chi connectivity index (χ3v) is 7.48. The molecule has 0 radical (unpaired) electrons. The average Bonchev–Trinajstić information content (AvgIpc) is 2.81. The van der Waals surface area contributed by atoms with E-state index in [4.69, 9.17) is 9.47 Å². The van der Waals surface area contributed by atoms with Crippen molar-refractivity contribution in [3.63, 3.8) is 0 Å². The molecule has 2 aliphatic heterocycles. The Morgan fingerprint density at radius 3 is 2.62 bits per heavy atom. The molecule has 2 N–H and O–H groups in total. The van der Waals surface area contributed by atoms with Crippen LogP contribution in [0.3, 0.4) is 0 Å². The number of anilines is 1. The summed E-state index contributed by atoms with van der Waals surface area (Å²) in [5.41, 5.74) is 0.392. The van der Waals surface area contributed by atoms with Crippen LogP contribution in [0.1, 0.15) is 29.6 Å². The minimum atomic E-state index is -3.98. The predicted octanol–water partition coefficient (Wildman–Crippen LogP) is 2.14. The molecule has 2 aliphatic rings. The van der Waals surface area contributed by atoms with E-state index in [-0.39, 0.29) is 53.1 Å². The van der Waals surface area contributed by atoms with Crippen molar-refractivity contribution < 1.29 is 31.9 Å². The van der Waals surface area contributed by atoms with E-state index in [2.05, 4.69) is 10.0 Å². The molecule has 1 saturated heterocycles. The van der Waals surface area contributed by atoms with Crippen LogP contribution in [0.15, 0.2) is 47.4 Å². The van der Waals surface area contributed by atoms with Crippen LogP contribution in [0.2, 0.25) is 0 Å². The first kappa shape index (κ1) is 24.0. The third kappa shape index (κ3) is 5.00. The molecule has 2 aromatic carbocycles. The van der Waals surface area contributed by atoms with Crippen LogP contribution in [0.4, 0.5) is 10.1 Å². The quantitative estimate of drug-likeness (QED) is 0.663. The zero-order valence-corrected chi connectivity index (χ0v) is 19.6. The normalized spacial score (nSPS) is 22.5. The summed E-state index contributed by atoms with van der Waals surface area (Å²) in [6.07, 6.45) is 0.851. The van der Waals surface area contributed by atoms with Crippen LogP contribution < -0.4 is 14.8 Å². The second-order valence-corrected chi connectivity index (χ2v) is 10.00. The van der Waals surface area contributed by atoms with Crippen LogP contribution >= 0.6 is 0 Å². The SMILES string of the molecule is CNC(=O)C[C@H]1CC[C@H]2[C@@H](COc3ccc(NS(=O)(=O)c4ccc(F)cc4)cc3C(=O)N2C)O1. The number of nitrogens with zero attached hydrogens (tertiary/aromatic N) is 1. The van der Waals surface area contributed by atoms with E-state index in [0.29, 0.717) is 18.6 Å². The minimum absolute atomic E-state index is 0.103. The number of benzene rings is 2. The molecule has 182 valence electrons. The third-order valence-electron chi connectivity index (χ3n) is 6.08. The van der Waals surface area contributed by atoms with Gasteiger partial charge < -0.3 is 19.7 Å². The lowest BCUT2D eigenvalue weighted by molar-refractivity contribution is -0.133. The van der Waals surface area contributed by atoms with E-state index in [9.17, 15) is 22.4 Å². The Hall–Kier alpha value is -3.18. The molecular formula is C23H26FN3O6S. The molecule has 4 rings (SSSR count). The molecule has 0 unspecified atom stereocenters. The summed E-state index contributed by atoms with van der Waals surface area (Å²) in [5, 5.41) is 2.59. The Bertz CT molecular complexity index is 1190. The summed E-state index contributed by atoms with van der Waals surface area (Å²) in [5.74, 6) is -0.686. The monoisotopic (exact) mass is 491 g/mol. The number of carbonyl (C=O) groups is 2. The maximum Gasteiger partial charge on any atom is 0.261 e. The van der Waals surface area contributed by atoms with E-state index in [0.717, 1.165) is 24.3 Å². The van der Waals surface area contributed by atoms with Crippen molar-refractivity contribution in [1.82, 2.24) is 10.2 Å². The first-order chi connectivity index (χ1) is 16.2. The molecule has 34 heavy (non-hydrogen) atoms. The topological polar surface area (TPSA) is 114 Å². The van der Waals surface area contributed by atoms with E-state index in [1.165, 1.54) is 18.2 Å². The molecule has 2 heterocycles. The van der Waals surface area contributed by atoms with Crippen molar-refractivity contribution in [3.8, 4) is 5.75 Å². The van der Waals surface area contributed by atoms with Gasteiger partial charge in [-0.15, -0.1) is 0 Å². The highest BCUT2D eigenvalue weighted by Crippen LogP contribution is 2.33. The number of rotatable bonds is 5. The first-order valence-electron chi connectivity index (χ1n) is 10.9. The molecule has 2 aromatic rings. The molecule has 11 heteroatoms. The largest absolute Gasteiger partial charge is 0.490 e. The number of halogens is 1. The number of sulfonamides is 1. The summed E-state index contributed by atoms with van der Waals surface area (Å²) in [6, 6.07) is 8.63. The van der Waals surface area contributed by atoms with Crippen LogP contribution in [-0.2, 0) is 19.6 Å². The number of nitrogens with one attached hydrogen (secondary N) is 2. The maximum atomic E-state index is 13.3. The van der Waals surface area contributed by atoms with Crippen LogP contribution in [0.5, 0.6) is 5.75 Å². The van der Waals surface area contributed by atoms with E-state index in [1.807, 2.05) is 0 Å². The van der Waals surface area contributed by atoms with Crippen molar-refractivity contribution >= 4 is 27.5 Å². The lowest BCUT2D eigenvalue weighted by atomic mass is 9.94. The Kier molecular flexibility index (Phi) is 6.76. The smallest absolute Gasteiger partial charge is 0.261 e. The fraction of sp³-hybridized carbons (Fsp3) is 0.391. The number of fused-ring (bicyclic) bond motifs is 2. The lowest BCUT2D eigenvalue weighted by Gasteiger charge is -2.42. The highest BCUT2D eigenvalue weighted by molar-refractivity contribution is 7.92. The van der Waals surface area contributed by atoms with Gasteiger partial charge in [0, 0.05) is 19.8 Å². The van der Waals surface area contributed by atoms with Gasteiger partial charge in [0.2, 0.25) is 5.91 Å². The van der Waals surface area contributed by atoms with Crippen molar-refractivity contribution in [3.05, 3.63) is 53.8 Å². The number of ether oxygens (including phenoxy) is 2. The van der Waals surface area contributed by atoms with Crippen LogP contribution in [0.25, 0.3) is 0 Å². The van der Waals surface area contributed by atoms with Gasteiger partial charge in [-0.3, -0.25) is 14.3 Å². The lowest BCUT2D eigenvalue weighted by Crippen LogP contribution is -2.53. The standard InChI is InChI=1S/C23H26FN3O6S/c1-25-22(28)12-16-6-9-19-21(33-16)13-32-20-10-5-15(11-18(20)23(29)27(19)2)26-34(30,31)17-7-3-14(24)4-8-17/h3-5,7-8,10-11,16,19,21,26H,6,9,12-13H2,1-2H3,(H,25,28)/t16-,19+,21-/m1/s1. The van der Waals surface area contributed by atoms with Gasteiger partial charge in [-0.2, -0.15) is 0 Å². The molecule has 0 saturated carbocycles. The Morgan fingerprint density at radius 2 is 1.91 bits per heavy atom. The molecule has 9 nitrogen and oxygen atoms in total. The predicted molar refractivity (Wildman–Crippen MR) is 122 cm³/mol. The van der Waals surface area contributed by atoms with E-state index >= 15 is 0 Å². The summed E-state index contributed by atoms with van der Waals surface area (Å²) in [6.45, 7) is 0.181. The van der Waals surface area contributed by atoms with Crippen LogP contribution in [0, 0.1) is 5.82 Å². The minimum Gasteiger partial charge on any atom is -0.490 e. The molecule has 1 fully saturated rings. The number of likely N-dealkylation sites (N-methyl/N-ethyl adjacent to an activating group) is 1. The van der Waals surface area contributed by atoms with Crippen molar-refractivity contribution in [2.24, 2.45) is 0 Å². The van der Waals surface area contributed by atoms with E-state index < -0.39 is 21.9 Å². The van der Waals surface area contributed by atoms with Gasteiger partial charge in [-0.1, -0.05) is 0 Å². The zero-order chi connectivity index (χ0) is 24.5. The van der Waals surface area contributed by atoms with Crippen molar-refractivity contribution in [1.29, 1.82) is 0 Å². The van der Waals surface area contributed by atoms with Gasteiger partial charge in [0.05, 0.1) is 29.0 Å². The molecule has 0 aliphatic carbocycles. The van der Waals surface area contributed by atoms with Gasteiger partial charge in [0.15, 0.2) is 0 Å². The Labute approximate surface area is 197 Å². The number of carbonyl (C=O) groups excluding carboxylic acids is 2. The highest BCUT2D eigenvalue weighted by Gasteiger charge is 2.39. The van der Waals surface area contributed by atoms with Gasteiger partial charge in [0.25, 0.3) is 15.9 Å². The van der Waals surface area contributed by atoms with Crippen molar-refractivity contribution in [2.45, 2.75) is 42.4 Å². The second kappa shape index (κ2) is 9.59.